The largest absolute Gasteiger partial charge is 0.481 e. The molecule has 0 aliphatic heterocycles. The van der Waals surface area contributed by atoms with Gasteiger partial charge in [-0.1, -0.05) is 30.3 Å². The Morgan fingerprint density at radius 3 is 1.94 bits per heavy atom. The second-order valence-corrected chi connectivity index (χ2v) is 7.52. The average Bonchev–Trinajstić information content (AvgIpc) is 2.75. The van der Waals surface area contributed by atoms with Crippen LogP contribution in [0.2, 0.25) is 0 Å². The van der Waals surface area contributed by atoms with Crippen LogP contribution in [-0.4, -0.2) is 75.1 Å². The van der Waals surface area contributed by atoms with Gasteiger partial charge in [-0.15, -0.1) is 0 Å². The molecule has 0 aliphatic carbocycles. The van der Waals surface area contributed by atoms with E-state index in [2.05, 4.69) is 10.6 Å². The SMILES string of the molecule is CC(NC(=O)C(CCC(=O)O)NC(=O)C(N)Cc1ccccc1)C(=O)NC(CC(=O)O)C(=O)O. The summed E-state index contributed by atoms with van der Waals surface area (Å²) in [5.41, 5.74) is 6.67. The Bertz CT molecular complexity index is 907. The maximum atomic E-state index is 12.6. The number of benzene rings is 1. The maximum absolute atomic E-state index is 12.6. The van der Waals surface area contributed by atoms with Gasteiger partial charge in [0.1, 0.15) is 18.1 Å². The zero-order chi connectivity index (χ0) is 25.8. The molecule has 0 heterocycles. The van der Waals surface area contributed by atoms with E-state index >= 15 is 0 Å². The summed E-state index contributed by atoms with van der Waals surface area (Å²) in [6, 6.07) is 3.44. The van der Waals surface area contributed by atoms with Crippen LogP contribution in [-0.2, 0) is 35.2 Å². The molecule has 0 radical (unpaired) electrons. The zero-order valence-electron chi connectivity index (χ0n) is 18.4. The third-order valence-corrected chi connectivity index (χ3v) is 4.66. The van der Waals surface area contributed by atoms with E-state index in [1.54, 1.807) is 30.3 Å². The van der Waals surface area contributed by atoms with E-state index in [0.717, 1.165) is 5.56 Å². The van der Waals surface area contributed by atoms with Crippen molar-refractivity contribution >= 4 is 35.6 Å². The van der Waals surface area contributed by atoms with Gasteiger partial charge in [0, 0.05) is 6.42 Å². The van der Waals surface area contributed by atoms with Crippen molar-refractivity contribution in [3.05, 3.63) is 35.9 Å². The van der Waals surface area contributed by atoms with Gasteiger partial charge in [-0.05, 0) is 25.3 Å². The van der Waals surface area contributed by atoms with Gasteiger partial charge < -0.3 is 37.0 Å². The lowest BCUT2D eigenvalue weighted by Crippen LogP contribution is -2.56. The quantitative estimate of drug-likeness (QED) is 0.162. The fourth-order valence-corrected chi connectivity index (χ4v) is 2.83. The van der Waals surface area contributed by atoms with Crippen LogP contribution >= 0.6 is 0 Å². The summed E-state index contributed by atoms with van der Waals surface area (Å²) in [5, 5.41) is 33.3. The minimum atomic E-state index is -1.72. The molecule has 4 atom stereocenters. The van der Waals surface area contributed by atoms with Crippen molar-refractivity contribution in [2.75, 3.05) is 0 Å². The molecule has 0 saturated heterocycles. The van der Waals surface area contributed by atoms with E-state index in [0.29, 0.717) is 0 Å². The van der Waals surface area contributed by atoms with Gasteiger partial charge >= 0.3 is 17.9 Å². The summed E-state index contributed by atoms with van der Waals surface area (Å²) in [5.74, 6) is -6.83. The number of carbonyl (C=O) groups excluding carboxylic acids is 3. The molecule has 13 heteroatoms. The molecule has 1 aromatic rings. The molecule has 4 unspecified atom stereocenters. The summed E-state index contributed by atoms with van der Waals surface area (Å²) in [4.78, 5) is 70.1. The Morgan fingerprint density at radius 2 is 1.41 bits per heavy atom. The number of carboxylic acid groups (broad SMARTS) is 3. The van der Waals surface area contributed by atoms with E-state index in [9.17, 15) is 28.8 Å². The minimum absolute atomic E-state index is 0.166. The molecule has 13 nitrogen and oxygen atoms in total. The molecule has 0 aliphatic rings. The zero-order valence-corrected chi connectivity index (χ0v) is 18.4. The lowest BCUT2D eigenvalue weighted by molar-refractivity contribution is -0.147. The summed E-state index contributed by atoms with van der Waals surface area (Å²) in [6.45, 7) is 1.21. The van der Waals surface area contributed by atoms with E-state index in [-0.39, 0.29) is 12.8 Å². The van der Waals surface area contributed by atoms with E-state index in [1.807, 2.05) is 5.32 Å². The van der Waals surface area contributed by atoms with Crippen LogP contribution in [0.4, 0.5) is 0 Å². The van der Waals surface area contributed by atoms with Crippen molar-refractivity contribution in [1.29, 1.82) is 0 Å². The lowest BCUT2D eigenvalue weighted by atomic mass is 10.0. The van der Waals surface area contributed by atoms with Gasteiger partial charge in [-0.25, -0.2) is 4.79 Å². The first-order valence-corrected chi connectivity index (χ1v) is 10.3. The first-order chi connectivity index (χ1) is 15.9. The molecule has 0 saturated carbocycles. The molecule has 1 aromatic carbocycles. The van der Waals surface area contributed by atoms with E-state index in [4.69, 9.17) is 21.1 Å². The maximum Gasteiger partial charge on any atom is 0.326 e. The molecule has 0 fully saturated rings. The van der Waals surface area contributed by atoms with Gasteiger partial charge in [0.25, 0.3) is 0 Å². The normalized spacial score (nSPS) is 14.1. The number of carbonyl (C=O) groups is 6. The number of aliphatic carboxylic acids is 3. The summed E-state index contributed by atoms with van der Waals surface area (Å²) >= 11 is 0. The second kappa shape index (κ2) is 13.5. The van der Waals surface area contributed by atoms with Crippen LogP contribution in [0.5, 0.6) is 0 Å². The topological polar surface area (TPSA) is 225 Å². The van der Waals surface area contributed by atoms with Crippen LogP contribution in [0, 0.1) is 0 Å². The summed E-state index contributed by atoms with van der Waals surface area (Å²) in [7, 11) is 0. The van der Waals surface area contributed by atoms with Crippen LogP contribution in [0.25, 0.3) is 0 Å². The predicted molar refractivity (Wildman–Crippen MR) is 116 cm³/mol. The van der Waals surface area contributed by atoms with Gasteiger partial charge in [-0.3, -0.25) is 24.0 Å². The molecule has 0 spiro atoms. The molecular weight excluding hydrogens is 452 g/mol. The highest BCUT2D eigenvalue weighted by molar-refractivity contribution is 5.94. The Kier molecular flexibility index (Phi) is 11.2. The fraction of sp³-hybridized carbons (Fsp3) is 0.429. The Balaban J connectivity index is 2.80. The number of carboxylic acids is 3. The first kappa shape index (κ1) is 28.0. The number of nitrogens with two attached hydrogens (primary N) is 1. The molecule has 8 N–H and O–H groups in total. The van der Waals surface area contributed by atoms with Crippen LogP contribution < -0.4 is 21.7 Å². The molecule has 1 rings (SSSR count). The monoisotopic (exact) mass is 480 g/mol. The average molecular weight is 480 g/mol. The Hall–Kier alpha value is -4.00. The molecular formula is C21H28N4O9. The number of hydrogen-bond donors (Lipinski definition) is 7. The van der Waals surface area contributed by atoms with Gasteiger partial charge in [0.15, 0.2) is 0 Å². The highest BCUT2D eigenvalue weighted by Crippen LogP contribution is 2.05. The van der Waals surface area contributed by atoms with E-state index in [1.165, 1.54) is 6.92 Å². The third kappa shape index (κ3) is 10.1. The lowest BCUT2D eigenvalue weighted by Gasteiger charge is -2.23. The molecule has 34 heavy (non-hydrogen) atoms. The number of hydrogen-bond acceptors (Lipinski definition) is 7. The number of rotatable bonds is 14. The summed E-state index contributed by atoms with van der Waals surface area (Å²) < 4.78 is 0. The van der Waals surface area contributed by atoms with Crippen molar-refractivity contribution in [2.24, 2.45) is 5.73 Å². The first-order valence-electron chi connectivity index (χ1n) is 10.3. The molecule has 186 valence electrons. The Morgan fingerprint density at radius 1 is 0.824 bits per heavy atom. The fourth-order valence-electron chi connectivity index (χ4n) is 2.83. The van der Waals surface area contributed by atoms with Crippen molar-refractivity contribution in [3.8, 4) is 0 Å². The molecule has 3 amide bonds. The van der Waals surface area contributed by atoms with Crippen LogP contribution in [0.15, 0.2) is 30.3 Å². The highest BCUT2D eigenvalue weighted by atomic mass is 16.4. The van der Waals surface area contributed by atoms with Crippen LogP contribution in [0.1, 0.15) is 31.7 Å². The standard InChI is InChI=1S/C21H28N4O9/c1-11(18(30)25-15(21(33)34)10-17(28)29)23-20(32)14(7-8-16(26)27)24-19(31)13(22)9-12-5-3-2-4-6-12/h2-6,11,13-15H,7-10,22H2,1H3,(H,23,32)(H,24,31)(H,25,30)(H,26,27)(H,28,29)(H,33,34). The van der Waals surface area contributed by atoms with Crippen LogP contribution in [0.3, 0.4) is 0 Å². The van der Waals surface area contributed by atoms with Gasteiger partial charge in [0.05, 0.1) is 12.5 Å². The molecule has 0 bridgehead atoms. The summed E-state index contributed by atoms with van der Waals surface area (Å²) in [6.07, 6.45) is -1.47. The van der Waals surface area contributed by atoms with Gasteiger partial charge in [0.2, 0.25) is 17.7 Å². The predicted octanol–water partition coefficient (Wildman–Crippen LogP) is -1.55. The number of nitrogens with one attached hydrogen (secondary N) is 3. The van der Waals surface area contributed by atoms with E-state index < -0.39 is 72.6 Å². The van der Waals surface area contributed by atoms with Crippen molar-refractivity contribution in [1.82, 2.24) is 16.0 Å². The smallest absolute Gasteiger partial charge is 0.326 e. The number of amides is 3. The van der Waals surface area contributed by atoms with Gasteiger partial charge in [-0.2, -0.15) is 0 Å². The second-order valence-electron chi connectivity index (χ2n) is 7.52. The molecule has 0 aromatic heterocycles. The van der Waals surface area contributed by atoms with Crippen molar-refractivity contribution < 1.29 is 44.1 Å². The van der Waals surface area contributed by atoms with Crippen molar-refractivity contribution in [3.63, 3.8) is 0 Å². The minimum Gasteiger partial charge on any atom is -0.481 e. The highest BCUT2D eigenvalue weighted by Gasteiger charge is 2.29. The Labute approximate surface area is 194 Å². The third-order valence-electron chi connectivity index (χ3n) is 4.66. The van der Waals surface area contributed by atoms with Crippen molar-refractivity contribution in [2.45, 2.75) is 56.8 Å².